The predicted octanol–water partition coefficient (Wildman–Crippen LogP) is 4.53. The van der Waals surface area contributed by atoms with Crippen molar-refractivity contribution in [1.29, 1.82) is 0 Å². The lowest BCUT2D eigenvalue weighted by molar-refractivity contribution is 0.0697. The second-order valence-electron chi connectivity index (χ2n) is 5.05. The molecule has 122 valence electrons. The smallest absolute Gasteiger partial charge is 0.337 e. The summed E-state index contributed by atoms with van der Waals surface area (Å²) in [6.07, 6.45) is 0.509. The fourth-order valence-electron chi connectivity index (χ4n) is 2.32. The van der Waals surface area contributed by atoms with Crippen molar-refractivity contribution in [2.45, 2.75) is 6.42 Å². The van der Waals surface area contributed by atoms with Crippen LogP contribution in [0.4, 0.5) is 0 Å². The van der Waals surface area contributed by atoms with Gasteiger partial charge in [-0.3, -0.25) is 9.67 Å². The summed E-state index contributed by atoms with van der Waals surface area (Å²) in [6, 6.07) is 12.1. The Kier molecular flexibility index (Phi) is 4.71. The highest BCUT2D eigenvalue weighted by molar-refractivity contribution is 7.71. The van der Waals surface area contributed by atoms with Gasteiger partial charge in [0.25, 0.3) is 0 Å². The average molecular weight is 380 g/mol. The predicted molar refractivity (Wildman–Crippen MR) is 95.0 cm³/mol. The van der Waals surface area contributed by atoms with Crippen LogP contribution in [0.3, 0.4) is 0 Å². The molecule has 0 aliphatic rings. The van der Waals surface area contributed by atoms with Crippen LogP contribution in [-0.2, 0) is 6.42 Å². The number of aromatic carboxylic acids is 1. The second kappa shape index (κ2) is 6.76. The quantitative estimate of drug-likeness (QED) is 0.653. The molecule has 0 aliphatic heterocycles. The number of benzene rings is 2. The topological polar surface area (TPSA) is 70.9 Å². The molecule has 8 heteroatoms. The Balaban J connectivity index is 2.05. The first-order valence-corrected chi connectivity index (χ1v) is 8.06. The maximum Gasteiger partial charge on any atom is 0.337 e. The number of aromatic amines is 1. The number of rotatable bonds is 4. The Bertz CT molecular complexity index is 964. The van der Waals surface area contributed by atoms with Gasteiger partial charge in [-0.15, -0.1) is 0 Å². The van der Waals surface area contributed by atoms with Crippen molar-refractivity contribution in [1.82, 2.24) is 14.8 Å². The number of H-pyrrole nitrogens is 1. The fourth-order valence-corrected chi connectivity index (χ4v) is 2.90. The Hall–Kier alpha value is -2.15. The molecule has 3 aromatic rings. The first-order chi connectivity index (χ1) is 11.5. The fraction of sp³-hybridized carbons (Fsp3) is 0.0625. The van der Waals surface area contributed by atoms with E-state index in [2.05, 4.69) is 10.2 Å². The summed E-state index contributed by atoms with van der Waals surface area (Å²) in [7, 11) is 0. The molecule has 1 aromatic heterocycles. The van der Waals surface area contributed by atoms with Gasteiger partial charge >= 0.3 is 5.97 Å². The van der Waals surface area contributed by atoms with Crippen LogP contribution in [0.2, 0.25) is 10.0 Å². The van der Waals surface area contributed by atoms with Crippen molar-refractivity contribution in [3.8, 4) is 5.69 Å². The largest absolute Gasteiger partial charge is 0.478 e. The van der Waals surface area contributed by atoms with Gasteiger partial charge in [-0.05, 0) is 48.1 Å². The molecule has 5 nitrogen and oxygen atoms in total. The lowest BCUT2D eigenvalue weighted by atomic mass is 10.1. The van der Waals surface area contributed by atoms with E-state index in [4.69, 9.17) is 35.4 Å². The first kappa shape index (κ1) is 16.7. The number of halogens is 2. The molecule has 0 aliphatic carbocycles. The van der Waals surface area contributed by atoms with Crippen LogP contribution in [0.25, 0.3) is 5.69 Å². The first-order valence-electron chi connectivity index (χ1n) is 6.89. The van der Waals surface area contributed by atoms with Crippen LogP contribution in [0, 0.1) is 4.77 Å². The van der Waals surface area contributed by atoms with Crippen LogP contribution >= 0.6 is 35.4 Å². The van der Waals surface area contributed by atoms with Crippen LogP contribution in [0.1, 0.15) is 21.7 Å². The van der Waals surface area contributed by atoms with E-state index in [0.717, 1.165) is 5.56 Å². The molecule has 0 bridgehead atoms. The third kappa shape index (κ3) is 3.36. The molecule has 3 rings (SSSR count). The van der Waals surface area contributed by atoms with Gasteiger partial charge in [0.15, 0.2) is 4.77 Å². The zero-order valence-electron chi connectivity index (χ0n) is 12.2. The van der Waals surface area contributed by atoms with Gasteiger partial charge in [-0.2, -0.15) is 5.10 Å². The van der Waals surface area contributed by atoms with Crippen LogP contribution < -0.4 is 0 Å². The number of carboxylic acid groups (broad SMARTS) is 1. The lowest BCUT2D eigenvalue weighted by Gasteiger charge is -2.09. The summed E-state index contributed by atoms with van der Waals surface area (Å²) < 4.78 is 2.06. The minimum Gasteiger partial charge on any atom is -0.478 e. The maximum absolute atomic E-state index is 11.3. The lowest BCUT2D eigenvalue weighted by Crippen LogP contribution is -2.05. The van der Waals surface area contributed by atoms with Crippen molar-refractivity contribution in [3.63, 3.8) is 0 Å². The SMILES string of the molecule is O=C(O)c1cc(-n2c(Cc3ccc(Cl)cc3)n[nH]c2=S)ccc1Cl. The summed E-state index contributed by atoms with van der Waals surface area (Å²) in [5, 5.41) is 17.0. The number of nitrogens with one attached hydrogen (secondary N) is 1. The van der Waals surface area contributed by atoms with Gasteiger partial charge < -0.3 is 5.11 Å². The standard InChI is InChI=1S/C16H11Cl2N3O2S/c17-10-3-1-9(2-4-10)7-14-19-20-16(24)21(14)11-5-6-13(18)12(8-11)15(22)23/h1-6,8H,7H2,(H,20,24)(H,22,23). The summed E-state index contributed by atoms with van der Waals surface area (Å²) in [6.45, 7) is 0. The van der Waals surface area contributed by atoms with Gasteiger partial charge in [-0.25, -0.2) is 4.79 Å². The highest BCUT2D eigenvalue weighted by Crippen LogP contribution is 2.22. The van der Waals surface area contributed by atoms with Gasteiger partial charge in [0.1, 0.15) is 5.82 Å². The third-order valence-corrected chi connectivity index (χ3v) is 4.31. The Labute approximate surface area is 152 Å². The molecule has 0 spiro atoms. The summed E-state index contributed by atoms with van der Waals surface area (Å²) >= 11 is 17.1. The molecule has 0 amide bonds. The number of carbonyl (C=O) groups is 1. The van der Waals surface area contributed by atoms with Crippen molar-refractivity contribution < 1.29 is 9.90 Å². The molecule has 24 heavy (non-hydrogen) atoms. The minimum absolute atomic E-state index is 0.00899. The van der Waals surface area contributed by atoms with Gasteiger partial charge in [0.2, 0.25) is 0 Å². The number of aromatic nitrogens is 3. The molecule has 2 N–H and O–H groups in total. The monoisotopic (exact) mass is 379 g/mol. The van der Waals surface area contributed by atoms with Crippen molar-refractivity contribution in [2.24, 2.45) is 0 Å². The second-order valence-corrected chi connectivity index (χ2v) is 6.28. The molecule has 0 unspecified atom stereocenters. The van der Waals surface area contributed by atoms with E-state index >= 15 is 0 Å². The minimum atomic E-state index is -1.10. The number of hydrogen-bond donors (Lipinski definition) is 2. The number of carboxylic acids is 1. The van der Waals surface area contributed by atoms with E-state index in [-0.39, 0.29) is 10.6 Å². The molecule has 0 radical (unpaired) electrons. The van der Waals surface area contributed by atoms with Gasteiger partial charge in [0, 0.05) is 11.4 Å². The summed E-state index contributed by atoms with van der Waals surface area (Å²) in [4.78, 5) is 11.3. The van der Waals surface area contributed by atoms with Crippen molar-refractivity contribution >= 4 is 41.4 Å². The molecule has 1 heterocycles. The van der Waals surface area contributed by atoms with E-state index in [1.54, 1.807) is 22.8 Å². The number of nitrogens with zero attached hydrogens (tertiary/aromatic N) is 2. The zero-order valence-corrected chi connectivity index (χ0v) is 14.5. The number of hydrogen-bond acceptors (Lipinski definition) is 3. The molecule has 0 saturated heterocycles. The van der Waals surface area contributed by atoms with Crippen LogP contribution in [0.15, 0.2) is 42.5 Å². The van der Waals surface area contributed by atoms with Crippen LogP contribution in [0.5, 0.6) is 0 Å². The van der Waals surface area contributed by atoms with E-state index < -0.39 is 5.97 Å². The van der Waals surface area contributed by atoms with E-state index in [0.29, 0.717) is 27.7 Å². The highest BCUT2D eigenvalue weighted by Gasteiger charge is 2.14. The summed E-state index contributed by atoms with van der Waals surface area (Å²) in [5.74, 6) is -0.447. The van der Waals surface area contributed by atoms with E-state index in [1.807, 2.05) is 12.1 Å². The summed E-state index contributed by atoms with van der Waals surface area (Å²) in [5.41, 5.74) is 1.59. The molecular formula is C16H11Cl2N3O2S. The van der Waals surface area contributed by atoms with Gasteiger partial charge in [-0.1, -0.05) is 35.3 Å². The average Bonchev–Trinajstić information content (AvgIpc) is 2.90. The molecular weight excluding hydrogens is 369 g/mol. The van der Waals surface area contributed by atoms with Crippen molar-refractivity contribution in [3.05, 3.63) is 74.2 Å². The zero-order chi connectivity index (χ0) is 17.3. The molecule has 2 aromatic carbocycles. The maximum atomic E-state index is 11.3. The molecule has 0 saturated carbocycles. The third-order valence-electron chi connectivity index (χ3n) is 3.46. The van der Waals surface area contributed by atoms with Crippen LogP contribution in [-0.4, -0.2) is 25.8 Å². The Morgan fingerprint density at radius 2 is 1.92 bits per heavy atom. The Morgan fingerprint density at radius 3 is 2.58 bits per heavy atom. The van der Waals surface area contributed by atoms with Gasteiger partial charge in [0.05, 0.1) is 16.3 Å². The van der Waals surface area contributed by atoms with E-state index in [9.17, 15) is 9.90 Å². The normalized spacial score (nSPS) is 10.8. The molecule has 0 fully saturated rings. The van der Waals surface area contributed by atoms with E-state index in [1.165, 1.54) is 12.1 Å². The highest BCUT2D eigenvalue weighted by atomic mass is 35.5. The molecule has 0 atom stereocenters. The van der Waals surface area contributed by atoms with Crippen molar-refractivity contribution in [2.75, 3.05) is 0 Å². The Morgan fingerprint density at radius 1 is 1.21 bits per heavy atom.